The predicted octanol–water partition coefficient (Wildman–Crippen LogP) is 4.19. The van der Waals surface area contributed by atoms with Gasteiger partial charge in [-0.2, -0.15) is 0 Å². The summed E-state index contributed by atoms with van der Waals surface area (Å²) in [7, 11) is 0. The number of amides is 1. The second-order valence-corrected chi connectivity index (χ2v) is 6.20. The summed E-state index contributed by atoms with van der Waals surface area (Å²) < 4.78 is 12.8. The predicted molar refractivity (Wildman–Crippen MR) is 89.9 cm³/mol. The molecular weight excluding hydrogens is 311 g/mol. The minimum atomic E-state index is -0.284. The number of benzene rings is 2. The molecule has 5 heteroatoms. The van der Waals surface area contributed by atoms with Gasteiger partial charge in [0, 0.05) is 23.1 Å². The first-order valence-corrected chi connectivity index (χ1v) is 8.05. The number of hydrogen-bond donors (Lipinski definition) is 1. The fraction of sp³-hybridized carbons (Fsp3) is 0.111. The molecule has 0 spiro atoms. The zero-order valence-corrected chi connectivity index (χ0v) is 13.4. The number of rotatable bonds is 4. The minimum Gasteiger partial charge on any atom is -0.348 e. The van der Waals surface area contributed by atoms with E-state index in [1.165, 1.54) is 12.1 Å². The Morgan fingerprint density at radius 3 is 2.43 bits per heavy atom. The Bertz CT molecular complexity index is 810. The maximum Gasteiger partial charge on any atom is 0.251 e. The second-order valence-electron chi connectivity index (χ2n) is 5.14. The van der Waals surface area contributed by atoms with Crippen LogP contribution in [0, 0.1) is 12.7 Å². The average molecular weight is 326 g/mol. The number of nitrogens with zero attached hydrogens (tertiary/aromatic N) is 1. The maximum absolute atomic E-state index is 12.8. The van der Waals surface area contributed by atoms with E-state index >= 15 is 0 Å². The maximum atomic E-state index is 12.8. The first kappa shape index (κ1) is 15.4. The normalized spacial score (nSPS) is 10.5. The molecule has 0 aliphatic rings. The first-order chi connectivity index (χ1) is 11.1. The third-order valence-corrected chi connectivity index (χ3v) is 4.20. The van der Waals surface area contributed by atoms with Crippen LogP contribution in [0.25, 0.3) is 11.3 Å². The zero-order valence-electron chi connectivity index (χ0n) is 12.5. The number of nitrogens with one attached hydrogen (secondary N) is 1. The molecule has 116 valence electrons. The number of aryl methyl sites for hydroxylation is 1. The fourth-order valence-corrected chi connectivity index (χ4v) is 2.80. The number of thiazole rings is 1. The highest BCUT2D eigenvalue weighted by Crippen LogP contribution is 2.21. The summed E-state index contributed by atoms with van der Waals surface area (Å²) in [5, 5.41) is 5.84. The van der Waals surface area contributed by atoms with Crippen molar-refractivity contribution in [3.8, 4) is 11.3 Å². The Labute approximate surface area is 137 Å². The van der Waals surface area contributed by atoms with E-state index in [9.17, 15) is 9.18 Å². The lowest BCUT2D eigenvalue weighted by Gasteiger charge is -2.06. The van der Waals surface area contributed by atoms with E-state index in [2.05, 4.69) is 10.3 Å². The molecule has 0 unspecified atom stereocenters. The van der Waals surface area contributed by atoms with E-state index in [1.807, 2.05) is 24.4 Å². The molecule has 0 bridgehead atoms. The lowest BCUT2D eigenvalue weighted by Crippen LogP contribution is -2.22. The van der Waals surface area contributed by atoms with Crippen LogP contribution in [-0.4, -0.2) is 10.9 Å². The average Bonchev–Trinajstić information content (AvgIpc) is 3.01. The summed E-state index contributed by atoms with van der Waals surface area (Å²) in [5.41, 5.74) is 3.35. The molecule has 0 radical (unpaired) electrons. The molecule has 3 aromatic rings. The smallest absolute Gasteiger partial charge is 0.251 e. The Balaban J connectivity index is 1.64. The van der Waals surface area contributed by atoms with Crippen LogP contribution in [0.5, 0.6) is 0 Å². The largest absolute Gasteiger partial charge is 0.348 e. The van der Waals surface area contributed by atoms with Gasteiger partial charge in [-0.15, -0.1) is 11.3 Å². The van der Waals surface area contributed by atoms with Gasteiger partial charge in [0.25, 0.3) is 5.91 Å². The zero-order chi connectivity index (χ0) is 16.2. The molecule has 3 nitrogen and oxygen atoms in total. The highest BCUT2D eigenvalue weighted by molar-refractivity contribution is 7.09. The molecule has 3 rings (SSSR count). The van der Waals surface area contributed by atoms with E-state index in [0.717, 1.165) is 21.8 Å². The number of halogens is 1. The third-order valence-electron chi connectivity index (χ3n) is 3.43. The first-order valence-electron chi connectivity index (χ1n) is 7.17. The highest BCUT2D eigenvalue weighted by Gasteiger charge is 2.07. The lowest BCUT2D eigenvalue weighted by molar-refractivity contribution is 0.0951. The van der Waals surface area contributed by atoms with E-state index in [0.29, 0.717) is 12.1 Å². The van der Waals surface area contributed by atoms with Gasteiger partial charge in [0.05, 0.1) is 10.7 Å². The standard InChI is InChI=1S/C18H15FN2OS/c1-12-21-17(11-23-12)14-4-6-15(7-5-14)18(22)20-10-13-2-8-16(19)9-3-13/h2-9,11H,10H2,1H3,(H,20,22). The molecule has 0 aliphatic heterocycles. The monoisotopic (exact) mass is 326 g/mol. The molecular formula is C18H15FN2OS. The molecule has 1 aromatic heterocycles. The molecule has 23 heavy (non-hydrogen) atoms. The van der Waals surface area contributed by atoms with Crippen molar-refractivity contribution in [2.45, 2.75) is 13.5 Å². The fourth-order valence-electron chi connectivity index (χ4n) is 2.18. The number of hydrogen-bond acceptors (Lipinski definition) is 3. The van der Waals surface area contributed by atoms with Crippen LogP contribution >= 0.6 is 11.3 Å². The van der Waals surface area contributed by atoms with Gasteiger partial charge in [0.15, 0.2) is 0 Å². The molecule has 1 N–H and O–H groups in total. The van der Waals surface area contributed by atoms with E-state index in [-0.39, 0.29) is 11.7 Å². The van der Waals surface area contributed by atoms with Gasteiger partial charge >= 0.3 is 0 Å². The van der Waals surface area contributed by atoms with Crippen LogP contribution in [0.1, 0.15) is 20.9 Å². The van der Waals surface area contributed by atoms with Gasteiger partial charge in [-0.1, -0.05) is 24.3 Å². The minimum absolute atomic E-state index is 0.157. The Morgan fingerprint density at radius 2 is 1.83 bits per heavy atom. The summed E-state index contributed by atoms with van der Waals surface area (Å²) in [6.45, 7) is 2.33. The molecule has 0 fully saturated rings. The van der Waals surface area contributed by atoms with Gasteiger partial charge in [0.2, 0.25) is 0 Å². The van der Waals surface area contributed by atoms with Crippen molar-refractivity contribution in [2.24, 2.45) is 0 Å². The summed E-state index contributed by atoms with van der Waals surface area (Å²) in [6, 6.07) is 13.4. The van der Waals surface area contributed by atoms with Crippen molar-refractivity contribution in [2.75, 3.05) is 0 Å². The van der Waals surface area contributed by atoms with Crippen LogP contribution in [0.3, 0.4) is 0 Å². The van der Waals surface area contributed by atoms with Gasteiger partial charge in [0.1, 0.15) is 5.82 Å². The molecule has 0 atom stereocenters. The van der Waals surface area contributed by atoms with Crippen LogP contribution in [0.4, 0.5) is 4.39 Å². The molecule has 1 amide bonds. The number of carbonyl (C=O) groups is 1. The van der Waals surface area contributed by atoms with Crippen LogP contribution in [-0.2, 0) is 6.54 Å². The van der Waals surface area contributed by atoms with E-state index in [4.69, 9.17) is 0 Å². The van der Waals surface area contributed by atoms with Crippen molar-refractivity contribution in [3.63, 3.8) is 0 Å². The molecule has 1 heterocycles. The molecule has 0 saturated heterocycles. The highest BCUT2D eigenvalue weighted by atomic mass is 32.1. The molecule has 0 saturated carbocycles. The van der Waals surface area contributed by atoms with Crippen molar-refractivity contribution < 1.29 is 9.18 Å². The summed E-state index contributed by atoms with van der Waals surface area (Å²) >= 11 is 1.60. The Hall–Kier alpha value is -2.53. The summed E-state index contributed by atoms with van der Waals surface area (Å²) in [4.78, 5) is 16.6. The number of carbonyl (C=O) groups excluding carboxylic acids is 1. The third kappa shape index (κ3) is 3.81. The molecule has 2 aromatic carbocycles. The van der Waals surface area contributed by atoms with Gasteiger partial charge in [-0.3, -0.25) is 4.79 Å². The summed E-state index contributed by atoms with van der Waals surface area (Å²) in [6.07, 6.45) is 0. The van der Waals surface area contributed by atoms with E-state index < -0.39 is 0 Å². The Morgan fingerprint density at radius 1 is 1.13 bits per heavy atom. The van der Waals surface area contributed by atoms with Crippen LogP contribution in [0.15, 0.2) is 53.9 Å². The quantitative estimate of drug-likeness (QED) is 0.781. The van der Waals surface area contributed by atoms with Crippen LogP contribution in [0.2, 0.25) is 0 Å². The Kier molecular flexibility index (Phi) is 4.48. The lowest BCUT2D eigenvalue weighted by atomic mass is 10.1. The second kappa shape index (κ2) is 6.71. The van der Waals surface area contributed by atoms with Crippen molar-refractivity contribution in [1.29, 1.82) is 0 Å². The van der Waals surface area contributed by atoms with Crippen LogP contribution < -0.4 is 5.32 Å². The van der Waals surface area contributed by atoms with Crippen molar-refractivity contribution in [1.82, 2.24) is 10.3 Å². The van der Waals surface area contributed by atoms with Gasteiger partial charge < -0.3 is 5.32 Å². The number of aromatic nitrogens is 1. The van der Waals surface area contributed by atoms with Gasteiger partial charge in [-0.05, 0) is 36.8 Å². The van der Waals surface area contributed by atoms with Gasteiger partial charge in [-0.25, -0.2) is 9.37 Å². The SMILES string of the molecule is Cc1nc(-c2ccc(C(=O)NCc3ccc(F)cc3)cc2)cs1. The summed E-state index contributed by atoms with van der Waals surface area (Å²) in [5.74, 6) is -0.441. The van der Waals surface area contributed by atoms with E-state index in [1.54, 1.807) is 35.6 Å². The molecule has 0 aliphatic carbocycles. The van der Waals surface area contributed by atoms with Crippen molar-refractivity contribution >= 4 is 17.2 Å². The topological polar surface area (TPSA) is 42.0 Å². The van der Waals surface area contributed by atoms with Crippen molar-refractivity contribution in [3.05, 3.63) is 75.9 Å².